The van der Waals surface area contributed by atoms with Crippen molar-refractivity contribution in [3.05, 3.63) is 59.7 Å². The minimum Gasteiger partial charge on any atom is -0.480 e. The molecule has 180 valence electrons. The van der Waals surface area contributed by atoms with Gasteiger partial charge in [-0.1, -0.05) is 61.4 Å². The van der Waals surface area contributed by atoms with Gasteiger partial charge in [0.2, 0.25) is 5.91 Å². The molecule has 1 fully saturated rings. The first-order valence-electron chi connectivity index (χ1n) is 12.1. The molecule has 0 heterocycles. The Morgan fingerprint density at radius 1 is 1.00 bits per heavy atom. The van der Waals surface area contributed by atoms with Crippen LogP contribution in [-0.2, 0) is 14.3 Å². The number of nitrogens with one attached hydrogen (secondary N) is 2. The molecule has 2 amide bonds. The lowest BCUT2D eigenvalue weighted by molar-refractivity contribution is -0.142. The van der Waals surface area contributed by atoms with Crippen LogP contribution in [0.2, 0.25) is 0 Å². The van der Waals surface area contributed by atoms with Crippen molar-refractivity contribution in [3.8, 4) is 11.1 Å². The van der Waals surface area contributed by atoms with Gasteiger partial charge in [-0.15, -0.1) is 0 Å². The van der Waals surface area contributed by atoms with Crippen molar-refractivity contribution < 1.29 is 24.2 Å². The molecule has 2 aromatic carbocycles. The Morgan fingerprint density at radius 3 is 2.21 bits per heavy atom. The molecule has 2 aliphatic carbocycles. The number of hydrogen-bond donors (Lipinski definition) is 3. The molecule has 0 aliphatic heterocycles. The maximum absolute atomic E-state index is 12.4. The van der Waals surface area contributed by atoms with Crippen LogP contribution in [0.5, 0.6) is 0 Å². The second kappa shape index (κ2) is 10.7. The van der Waals surface area contributed by atoms with Crippen molar-refractivity contribution in [3.63, 3.8) is 0 Å². The highest BCUT2D eigenvalue weighted by Crippen LogP contribution is 2.44. The van der Waals surface area contributed by atoms with Gasteiger partial charge < -0.3 is 20.5 Å². The van der Waals surface area contributed by atoms with E-state index in [0.29, 0.717) is 25.2 Å². The molecule has 7 heteroatoms. The first kappa shape index (κ1) is 23.8. The summed E-state index contributed by atoms with van der Waals surface area (Å²) >= 11 is 0. The van der Waals surface area contributed by atoms with Crippen molar-refractivity contribution in [1.29, 1.82) is 0 Å². The first-order valence-corrected chi connectivity index (χ1v) is 12.1. The lowest BCUT2D eigenvalue weighted by Gasteiger charge is -2.17. The number of ether oxygens (including phenoxy) is 1. The van der Waals surface area contributed by atoms with Crippen LogP contribution in [0.4, 0.5) is 4.79 Å². The minimum absolute atomic E-state index is 0.00923. The van der Waals surface area contributed by atoms with Crippen LogP contribution in [-0.4, -0.2) is 41.8 Å². The fraction of sp³-hybridized carbons (Fsp3) is 0.444. The van der Waals surface area contributed by atoms with Gasteiger partial charge in [0.25, 0.3) is 0 Å². The van der Waals surface area contributed by atoms with Crippen LogP contribution in [0.3, 0.4) is 0 Å². The van der Waals surface area contributed by atoms with Crippen molar-refractivity contribution in [2.45, 2.75) is 63.5 Å². The molecule has 2 atom stereocenters. The quantitative estimate of drug-likeness (QED) is 0.456. The zero-order chi connectivity index (χ0) is 24.1. The average Bonchev–Trinajstić information content (AvgIpc) is 3.58. The number of amides is 2. The summed E-state index contributed by atoms with van der Waals surface area (Å²) in [5.74, 6) is -0.815. The highest BCUT2D eigenvalue weighted by Gasteiger charge is 2.30. The number of benzene rings is 2. The van der Waals surface area contributed by atoms with Gasteiger partial charge in [-0.2, -0.15) is 0 Å². The van der Waals surface area contributed by atoms with Gasteiger partial charge >= 0.3 is 12.1 Å². The standard InChI is InChI=1S/C27H32N2O5/c1-17(7-6-12-25(30)29-24(26(31)32)15-18-13-14-18)28-27(33)34-16-23-21-10-4-2-8-19(21)20-9-3-5-11-22(20)23/h2-5,8-11,17-18,23-24H,6-7,12-16H2,1H3,(H,28,33)(H,29,30)(H,31,32)/t17?,24-/m0/s1. The fourth-order valence-corrected chi connectivity index (χ4v) is 4.66. The van der Waals surface area contributed by atoms with Gasteiger partial charge in [-0.3, -0.25) is 4.79 Å². The molecule has 0 aromatic heterocycles. The first-order chi connectivity index (χ1) is 16.4. The average molecular weight is 465 g/mol. The Balaban J connectivity index is 1.19. The summed E-state index contributed by atoms with van der Waals surface area (Å²) < 4.78 is 5.56. The molecule has 1 unspecified atom stereocenters. The minimum atomic E-state index is -0.981. The third kappa shape index (κ3) is 5.95. The third-order valence-corrected chi connectivity index (χ3v) is 6.65. The summed E-state index contributed by atoms with van der Waals surface area (Å²) in [6.07, 6.45) is 3.47. The predicted molar refractivity (Wildman–Crippen MR) is 128 cm³/mol. The molecule has 0 radical (unpaired) electrons. The monoisotopic (exact) mass is 464 g/mol. The number of alkyl carbamates (subject to hydrolysis) is 1. The number of carboxylic acid groups (broad SMARTS) is 1. The van der Waals surface area contributed by atoms with E-state index in [0.717, 1.165) is 24.0 Å². The topological polar surface area (TPSA) is 105 Å². The van der Waals surface area contributed by atoms with Crippen molar-refractivity contribution >= 4 is 18.0 Å². The molecule has 1 saturated carbocycles. The number of aliphatic carboxylic acids is 1. The Morgan fingerprint density at radius 2 is 1.62 bits per heavy atom. The van der Waals surface area contributed by atoms with Gasteiger partial charge in [0.1, 0.15) is 12.6 Å². The maximum Gasteiger partial charge on any atom is 0.407 e. The van der Waals surface area contributed by atoms with E-state index in [1.54, 1.807) is 0 Å². The molecule has 34 heavy (non-hydrogen) atoms. The molecular weight excluding hydrogens is 432 g/mol. The highest BCUT2D eigenvalue weighted by atomic mass is 16.5. The summed E-state index contributed by atoms with van der Waals surface area (Å²) in [5.41, 5.74) is 4.69. The number of rotatable bonds is 11. The molecule has 2 aliphatic rings. The number of hydrogen-bond acceptors (Lipinski definition) is 4. The molecule has 0 spiro atoms. The predicted octanol–water partition coefficient (Wildman–Crippen LogP) is 4.45. The van der Waals surface area contributed by atoms with E-state index in [4.69, 9.17) is 4.74 Å². The molecule has 0 saturated heterocycles. The van der Waals surface area contributed by atoms with Crippen molar-refractivity contribution in [1.82, 2.24) is 10.6 Å². The van der Waals surface area contributed by atoms with Crippen LogP contribution in [0, 0.1) is 5.92 Å². The molecule has 2 aromatic rings. The summed E-state index contributed by atoms with van der Waals surface area (Å²) in [5, 5.41) is 14.7. The second-order valence-corrected chi connectivity index (χ2v) is 9.40. The lowest BCUT2D eigenvalue weighted by atomic mass is 9.98. The van der Waals surface area contributed by atoms with Crippen LogP contribution < -0.4 is 10.6 Å². The smallest absolute Gasteiger partial charge is 0.407 e. The molecule has 3 N–H and O–H groups in total. The zero-order valence-electron chi connectivity index (χ0n) is 19.5. The molecule has 0 bridgehead atoms. The third-order valence-electron chi connectivity index (χ3n) is 6.65. The van der Waals surface area contributed by atoms with E-state index in [-0.39, 0.29) is 30.9 Å². The van der Waals surface area contributed by atoms with Gasteiger partial charge in [-0.25, -0.2) is 9.59 Å². The van der Waals surface area contributed by atoms with Gasteiger partial charge in [0, 0.05) is 18.4 Å². The van der Waals surface area contributed by atoms with E-state index in [1.807, 2.05) is 31.2 Å². The lowest BCUT2D eigenvalue weighted by Crippen LogP contribution is -2.41. The van der Waals surface area contributed by atoms with Gasteiger partial charge in [-0.05, 0) is 54.4 Å². The number of carboxylic acids is 1. The molecule has 7 nitrogen and oxygen atoms in total. The van der Waals surface area contributed by atoms with Gasteiger partial charge in [0.15, 0.2) is 0 Å². The van der Waals surface area contributed by atoms with E-state index >= 15 is 0 Å². The summed E-state index contributed by atoms with van der Waals surface area (Å²) in [7, 11) is 0. The largest absolute Gasteiger partial charge is 0.480 e. The van der Waals surface area contributed by atoms with Crippen LogP contribution in [0.25, 0.3) is 11.1 Å². The Kier molecular flexibility index (Phi) is 7.50. The Labute approximate surface area is 199 Å². The van der Waals surface area contributed by atoms with E-state index in [9.17, 15) is 19.5 Å². The number of carbonyl (C=O) groups excluding carboxylic acids is 2. The van der Waals surface area contributed by atoms with Gasteiger partial charge in [0.05, 0.1) is 0 Å². The molecule has 4 rings (SSSR count). The van der Waals surface area contributed by atoms with Crippen LogP contribution >= 0.6 is 0 Å². The number of fused-ring (bicyclic) bond motifs is 3. The van der Waals surface area contributed by atoms with Crippen molar-refractivity contribution in [2.24, 2.45) is 5.92 Å². The maximum atomic E-state index is 12.4. The van der Waals surface area contributed by atoms with Crippen molar-refractivity contribution in [2.75, 3.05) is 6.61 Å². The Bertz CT molecular complexity index is 1000. The SMILES string of the molecule is CC(CCCC(=O)N[C@@H](CC1CC1)C(=O)O)NC(=O)OCC1c2ccccc2-c2ccccc21. The summed E-state index contributed by atoms with van der Waals surface area (Å²) in [6.45, 7) is 2.12. The van der Waals surface area contributed by atoms with E-state index < -0.39 is 18.1 Å². The normalized spacial score (nSPS) is 16.1. The molecular formula is C27H32N2O5. The Hall–Kier alpha value is -3.35. The van der Waals surface area contributed by atoms with E-state index in [1.165, 1.54) is 11.1 Å². The fourth-order valence-electron chi connectivity index (χ4n) is 4.66. The second-order valence-electron chi connectivity index (χ2n) is 9.40. The van der Waals surface area contributed by atoms with Crippen LogP contribution in [0.1, 0.15) is 62.5 Å². The number of carbonyl (C=O) groups is 3. The van der Waals surface area contributed by atoms with Crippen LogP contribution in [0.15, 0.2) is 48.5 Å². The summed E-state index contributed by atoms with van der Waals surface area (Å²) in [4.78, 5) is 35.8. The van der Waals surface area contributed by atoms with E-state index in [2.05, 4.69) is 34.9 Å². The summed E-state index contributed by atoms with van der Waals surface area (Å²) in [6, 6.07) is 15.4. The highest BCUT2D eigenvalue weighted by molar-refractivity contribution is 5.83. The zero-order valence-corrected chi connectivity index (χ0v) is 19.5.